The molecule has 2 heterocycles. The molecule has 0 unspecified atom stereocenters. The summed E-state index contributed by atoms with van der Waals surface area (Å²) in [4.78, 5) is 35.3. The first kappa shape index (κ1) is 23.4. The second-order valence-corrected chi connectivity index (χ2v) is 8.56. The summed E-state index contributed by atoms with van der Waals surface area (Å²) < 4.78 is 6.51. The minimum Gasteiger partial charge on any atom is -0.437 e. The fraction of sp³-hybridized carbons (Fsp3) is 0.227. The number of hydrogen-bond donors (Lipinski definition) is 2. The molecule has 0 radical (unpaired) electrons. The van der Waals surface area contributed by atoms with Gasteiger partial charge in [0.05, 0.1) is 22.9 Å². The maximum Gasteiger partial charge on any atom is 0.273 e. The van der Waals surface area contributed by atoms with Crippen molar-refractivity contribution in [3.05, 3.63) is 68.9 Å². The van der Waals surface area contributed by atoms with E-state index in [1.165, 1.54) is 24.4 Å². The topological polar surface area (TPSA) is 140 Å². The molecular formula is C22H22BrN7O4. The number of nitrogens with one attached hydrogen (secondary N) is 1. The van der Waals surface area contributed by atoms with E-state index in [0.717, 1.165) is 36.3 Å². The molecule has 2 aromatic carbocycles. The van der Waals surface area contributed by atoms with E-state index in [1.807, 2.05) is 18.2 Å². The number of rotatable bonds is 7. The third-order valence-corrected chi connectivity index (χ3v) is 5.92. The van der Waals surface area contributed by atoms with E-state index in [2.05, 4.69) is 48.1 Å². The van der Waals surface area contributed by atoms with Crippen molar-refractivity contribution in [3.63, 3.8) is 0 Å². The van der Waals surface area contributed by atoms with Gasteiger partial charge in [0.2, 0.25) is 5.88 Å². The number of nitrogens with zero attached hydrogens (tertiary/aromatic N) is 5. The second kappa shape index (κ2) is 10.0. The van der Waals surface area contributed by atoms with Crippen molar-refractivity contribution in [1.82, 2.24) is 14.9 Å². The normalized spacial score (nSPS) is 14.0. The number of nitro benzene ring substituents is 1. The molecule has 34 heavy (non-hydrogen) atoms. The monoisotopic (exact) mass is 527 g/mol. The van der Waals surface area contributed by atoms with Crippen molar-refractivity contribution >= 4 is 44.7 Å². The van der Waals surface area contributed by atoms with Gasteiger partial charge in [-0.1, -0.05) is 6.07 Å². The zero-order chi connectivity index (χ0) is 24.2. The van der Waals surface area contributed by atoms with Crippen LogP contribution in [0.25, 0.3) is 0 Å². The summed E-state index contributed by atoms with van der Waals surface area (Å²) >= 11 is 3.63. The van der Waals surface area contributed by atoms with Gasteiger partial charge < -0.3 is 25.6 Å². The fourth-order valence-electron chi connectivity index (χ4n) is 3.50. The number of benzene rings is 2. The van der Waals surface area contributed by atoms with Gasteiger partial charge in [0.25, 0.3) is 11.6 Å². The molecule has 3 N–H and O–H groups in total. The van der Waals surface area contributed by atoms with E-state index in [-0.39, 0.29) is 28.8 Å². The van der Waals surface area contributed by atoms with Crippen LogP contribution in [0.3, 0.4) is 0 Å². The van der Waals surface area contributed by atoms with Gasteiger partial charge in [-0.15, -0.1) is 0 Å². The minimum atomic E-state index is -0.759. The number of nitro groups is 1. The highest BCUT2D eigenvalue weighted by Crippen LogP contribution is 2.32. The molecule has 0 spiro atoms. The SMILES string of the molecule is CN1CCN(c2ccc(Nc3nc(Oc4cccc([N+](=O)[O-])c4)cnc3C(N)=O)cc2Br)CC1. The van der Waals surface area contributed by atoms with Gasteiger partial charge in [0.15, 0.2) is 11.5 Å². The smallest absolute Gasteiger partial charge is 0.273 e. The number of non-ortho nitro benzene ring substituents is 1. The highest BCUT2D eigenvalue weighted by atomic mass is 79.9. The van der Waals surface area contributed by atoms with Crippen LogP contribution in [0.15, 0.2) is 53.1 Å². The Labute approximate surface area is 203 Å². The summed E-state index contributed by atoms with van der Waals surface area (Å²) in [6.07, 6.45) is 1.23. The Morgan fingerprint density at radius 3 is 2.65 bits per heavy atom. The van der Waals surface area contributed by atoms with Crippen LogP contribution < -0.4 is 20.7 Å². The summed E-state index contributed by atoms with van der Waals surface area (Å²) in [6.45, 7) is 3.83. The molecule has 1 aromatic heterocycles. The number of halogens is 1. The van der Waals surface area contributed by atoms with E-state index in [0.29, 0.717) is 5.69 Å². The van der Waals surface area contributed by atoms with Gasteiger partial charge in [0.1, 0.15) is 5.75 Å². The first-order valence-electron chi connectivity index (χ1n) is 10.4. The molecule has 1 fully saturated rings. The van der Waals surface area contributed by atoms with Gasteiger partial charge in [0, 0.05) is 42.4 Å². The van der Waals surface area contributed by atoms with Crippen LogP contribution in [0.2, 0.25) is 0 Å². The summed E-state index contributed by atoms with van der Waals surface area (Å²) in [7, 11) is 2.10. The third kappa shape index (κ3) is 5.41. The molecule has 1 aliphatic rings. The molecule has 0 bridgehead atoms. The predicted octanol–water partition coefficient (Wildman–Crippen LogP) is 3.53. The van der Waals surface area contributed by atoms with E-state index in [4.69, 9.17) is 10.5 Å². The molecule has 0 saturated carbocycles. The fourth-order valence-corrected chi connectivity index (χ4v) is 4.13. The second-order valence-electron chi connectivity index (χ2n) is 7.71. The van der Waals surface area contributed by atoms with Crippen LogP contribution >= 0.6 is 15.9 Å². The lowest BCUT2D eigenvalue weighted by molar-refractivity contribution is -0.384. The predicted molar refractivity (Wildman–Crippen MR) is 131 cm³/mol. The molecular weight excluding hydrogens is 506 g/mol. The van der Waals surface area contributed by atoms with Gasteiger partial charge in [-0.05, 0) is 47.2 Å². The van der Waals surface area contributed by atoms with Gasteiger partial charge in [-0.3, -0.25) is 14.9 Å². The number of carbonyl (C=O) groups is 1. The summed E-state index contributed by atoms with van der Waals surface area (Å²) in [5, 5.41) is 14.1. The van der Waals surface area contributed by atoms with E-state index in [9.17, 15) is 14.9 Å². The average Bonchev–Trinajstić information content (AvgIpc) is 2.80. The molecule has 1 aliphatic heterocycles. The van der Waals surface area contributed by atoms with Gasteiger partial charge in [-0.2, -0.15) is 4.98 Å². The number of likely N-dealkylation sites (N-methyl/N-ethyl adjacent to an activating group) is 1. The van der Waals surface area contributed by atoms with Crippen LogP contribution in [-0.4, -0.2) is 58.9 Å². The zero-order valence-electron chi connectivity index (χ0n) is 18.3. The maximum atomic E-state index is 11.9. The number of amides is 1. The Morgan fingerprint density at radius 1 is 1.21 bits per heavy atom. The Kier molecular flexibility index (Phi) is 6.89. The van der Waals surface area contributed by atoms with Crippen molar-refractivity contribution in [2.24, 2.45) is 5.73 Å². The van der Waals surface area contributed by atoms with Crippen LogP contribution in [0.5, 0.6) is 11.6 Å². The number of anilines is 3. The zero-order valence-corrected chi connectivity index (χ0v) is 19.9. The molecule has 176 valence electrons. The van der Waals surface area contributed by atoms with Crippen molar-refractivity contribution in [2.45, 2.75) is 0 Å². The average molecular weight is 528 g/mol. The number of piperazine rings is 1. The highest BCUT2D eigenvalue weighted by molar-refractivity contribution is 9.10. The Bertz CT molecular complexity index is 1230. The summed E-state index contributed by atoms with van der Waals surface area (Å²) in [5.41, 5.74) is 7.02. The summed E-state index contributed by atoms with van der Waals surface area (Å²) in [6, 6.07) is 11.4. The molecule has 0 atom stereocenters. The van der Waals surface area contributed by atoms with Crippen LogP contribution in [0, 0.1) is 10.1 Å². The van der Waals surface area contributed by atoms with Crippen LogP contribution in [0.4, 0.5) is 22.9 Å². The number of nitrogens with two attached hydrogens (primary N) is 1. The number of primary amides is 1. The van der Waals surface area contributed by atoms with Gasteiger partial charge >= 0.3 is 0 Å². The van der Waals surface area contributed by atoms with Crippen LogP contribution in [0.1, 0.15) is 10.5 Å². The number of ether oxygens (including phenoxy) is 1. The van der Waals surface area contributed by atoms with Crippen LogP contribution in [-0.2, 0) is 0 Å². The molecule has 11 nitrogen and oxygen atoms in total. The van der Waals surface area contributed by atoms with Crippen molar-refractivity contribution in [1.29, 1.82) is 0 Å². The Hall–Kier alpha value is -3.77. The number of hydrogen-bond acceptors (Lipinski definition) is 9. The highest BCUT2D eigenvalue weighted by Gasteiger charge is 2.18. The van der Waals surface area contributed by atoms with E-state index < -0.39 is 10.8 Å². The first-order valence-corrected chi connectivity index (χ1v) is 11.2. The minimum absolute atomic E-state index is 0.0427. The van der Waals surface area contributed by atoms with E-state index >= 15 is 0 Å². The van der Waals surface area contributed by atoms with Crippen molar-refractivity contribution in [3.8, 4) is 11.6 Å². The molecule has 1 saturated heterocycles. The van der Waals surface area contributed by atoms with Crippen molar-refractivity contribution < 1.29 is 14.5 Å². The van der Waals surface area contributed by atoms with Gasteiger partial charge in [-0.25, -0.2) is 4.98 Å². The molecule has 0 aliphatic carbocycles. The lowest BCUT2D eigenvalue weighted by atomic mass is 10.2. The maximum absolute atomic E-state index is 11.9. The van der Waals surface area contributed by atoms with Crippen molar-refractivity contribution in [2.75, 3.05) is 43.4 Å². The lowest BCUT2D eigenvalue weighted by Crippen LogP contribution is -2.44. The first-order chi connectivity index (χ1) is 16.3. The largest absolute Gasteiger partial charge is 0.437 e. The number of aromatic nitrogens is 2. The third-order valence-electron chi connectivity index (χ3n) is 5.29. The Balaban J connectivity index is 1.57. The summed E-state index contributed by atoms with van der Waals surface area (Å²) in [5.74, 6) is -0.402. The molecule has 1 amide bonds. The molecule has 12 heteroatoms. The number of carbonyl (C=O) groups excluding carboxylic acids is 1. The molecule has 4 rings (SSSR count). The lowest BCUT2D eigenvalue weighted by Gasteiger charge is -2.34. The Morgan fingerprint density at radius 2 is 1.97 bits per heavy atom. The standard InChI is InChI=1S/C22H22BrN7O4/c1-28-7-9-29(10-8-28)18-6-5-14(11-17(18)23)26-22-20(21(24)31)25-13-19(27-22)34-16-4-2-3-15(12-16)30(32)33/h2-6,11-13H,7-10H2,1H3,(H2,24,31)(H,26,27). The quantitative estimate of drug-likeness (QED) is 0.348. The molecule has 3 aromatic rings. The van der Waals surface area contributed by atoms with E-state index in [1.54, 1.807) is 6.07 Å².